The van der Waals surface area contributed by atoms with Gasteiger partial charge in [-0.3, -0.25) is 4.79 Å². The van der Waals surface area contributed by atoms with Gasteiger partial charge in [0.25, 0.3) is 12.3 Å². The summed E-state index contributed by atoms with van der Waals surface area (Å²) in [4.78, 5) is 11.4. The summed E-state index contributed by atoms with van der Waals surface area (Å²) in [5, 5.41) is 2.13. The summed E-state index contributed by atoms with van der Waals surface area (Å²) >= 11 is 0. The molecule has 0 heterocycles. The number of alkyl halides is 2. The zero-order valence-electron chi connectivity index (χ0n) is 9.09. The Morgan fingerprint density at radius 2 is 2.19 bits per heavy atom. The van der Waals surface area contributed by atoms with Gasteiger partial charge in [0.05, 0.1) is 13.7 Å². The van der Waals surface area contributed by atoms with E-state index >= 15 is 0 Å². The third-order valence-electron chi connectivity index (χ3n) is 2.07. The Bertz CT molecular complexity index is 380. The van der Waals surface area contributed by atoms with Crippen LogP contribution in [0.1, 0.15) is 15.9 Å². The molecule has 16 heavy (non-hydrogen) atoms. The highest BCUT2D eigenvalue weighted by Gasteiger charge is 2.10. The van der Waals surface area contributed by atoms with Crippen molar-refractivity contribution in [2.24, 2.45) is 0 Å². The van der Waals surface area contributed by atoms with Crippen molar-refractivity contribution in [1.29, 1.82) is 0 Å². The van der Waals surface area contributed by atoms with Crippen molar-refractivity contribution >= 4 is 5.91 Å². The molecule has 0 unspecified atom stereocenters. The highest BCUT2D eigenvalue weighted by molar-refractivity contribution is 5.94. The molecule has 0 aliphatic carbocycles. The molecular weight excluding hydrogens is 216 g/mol. The first-order chi connectivity index (χ1) is 7.54. The lowest BCUT2D eigenvalue weighted by Gasteiger charge is -2.08. The number of rotatable bonds is 4. The Balaban J connectivity index is 2.73. The second-order valence-electron chi connectivity index (χ2n) is 3.29. The van der Waals surface area contributed by atoms with E-state index in [0.29, 0.717) is 11.3 Å². The number of methoxy groups -OCH3 is 1. The molecule has 1 aromatic rings. The molecular formula is C11H13F2NO2. The van der Waals surface area contributed by atoms with Crippen molar-refractivity contribution < 1.29 is 18.3 Å². The molecule has 0 aliphatic rings. The van der Waals surface area contributed by atoms with E-state index in [1.807, 2.05) is 0 Å². The van der Waals surface area contributed by atoms with Gasteiger partial charge in [-0.25, -0.2) is 8.78 Å². The van der Waals surface area contributed by atoms with Crippen molar-refractivity contribution in [3.63, 3.8) is 0 Å². The van der Waals surface area contributed by atoms with E-state index in [2.05, 4.69) is 5.32 Å². The second-order valence-corrected chi connectivity index (χ2v) is 3.29. The van der Waals surface area contributed by atoms with Crippen LogP contribution in [0.15, 0.2) is 18.2 Å². The SMILES string of the molecule is COc1ccc(C(=O)NCC(F)F)cc1C. The topological polar surface area (TPSA) is 38.3 Å². The Morgan fingerprint density at radius 3 is 2.69 bits per heavy atom. The van der Waals surface area contributed by atoms with E-state index in [9.17, 15) is 13.6 Å². The van der Waals surface area contributed by atoms with E-state index in [-0.39, 0.29) is 0 Å². The van der Waals surface area contributed by atoms with Crippen LogP contribution in [0.3, 0.4) is 0 Å². The molecule has 0 aliphatic heterocycles. The maximum Gasteiger partial charge on any atom is 0.255 e. The van der Waals surface area contributed by atoms with E-state index < -0.39 is 18.9 Å². The molecule has 0 atom stereocenters. The van der Waals surface area contributed by atoms with Crippen molar-refractivity contribution in [3.8, 4) is 5.75 Å². The summed E-state index contributed by atoms with van der Waals surface area (Å²) in [6.45, 7) is 1.15. The zero-order valence-corrected chi connectivity index (χ0v) is 9.09. The highest BCUT2D eigenvalue weighted by Crippen LogP contribution is 2.18. The quantitative estimate of drug-likeness (QED) is 0.857. The Labute approximate surface area is 92.4 Å². The molecule has 1 aromatic carbocycles. The van der Waals surface area contributed by atoms with Gasteiger partial charge >= 0.3 is 0 Å². The number of hydrogen-bond acceptors (Lipinski definition) is 2. The van der Waals surface area contributed by atoms with Gasteiger partial charge in [0, 0.05) is 5.56 Å². The molecule has 0 radical (unpaired) electrons. The summed E-state index contributed by atoms with van der Waals surface area (Å²) in [7, 11) is 1.53. The minimum Gasteiger partial charge on any atom is -0.496 e. The van der Waals surface area contributed by atoms with Gasteiger partial charge in [0.15, 0.2) is 0 Å². The number of ether oxygens (including phenoxy) is 1. The molecule has 1 N–H and O–H groups in total. The standard InChI is InChI=1S/C11H13F2NO2/c1-7-5-8(3-4-9(7)16-2)11(15)14-6-10(12)13/h3-5,10H,6H2,1-2H3,(H,14,15). The predicted octanol–water partition coefficient (Wildman–Crippen LogP) is 2.00. The minimum absolute atomic E-state index is 0.346. The van der Waals surface area contributed by atoms with Gasteiger partial charge in [-0.05, 0) is 30.7 Å². The number of benzene rings is 1. The van der Waals surface area contributed by atoms with Crippen LogP contribution in [-0.4, -0.2) is 26.0 Å². The molecule has 0 saturated heterocycles. The lowest BCUT2D eigenvalue weighted by Crippen LogP contribution is -2.28. The third kappa shape index (κ3) is 3.18. The molecule has 1 amide bonds. The van der Waals surface area contributed by atoms with Gasteiger partial charge in [-0.15, -0.1) is 0 Å². The van der Waals surface area contributed by atoms with Crippen molar-refractivity contribution in [2.75, 3.05) is 13.7 Å². The average Bonchev–Trinajstić information content (AvgIpc) is 2.25. The molecule has 1 rings (SSSR count). The maximum atomic E-state index is 11.9. The maximum absolute atomic E-state index is 11.9. The fourth-order valence-corrected chi connectivity index (χ4v) is 1.29. The molecule has 3 nitrogen and oxygen atoms in total. The van der Waals surface area contributed by atoms with Gasteiger partial charge < -0.3 is 10.1 Å². The first kappa shape index (κ1) is 12.4. The summed E-state index contributed by atoms with van der Waals surface area (Å²) in [6, 6.07) is 4.76. The van der Waals surface area contributed by atoms with Gasteiger partial charge in [0.1, 0.15) is 5.75 Å². The van der Waals surface area contributed by atoms with Crippen LogP contribution in [0.5, 0.6) is 5.75 Å². The van der Waals surface area contributed by atoms with Crippen molar-refractivity contribution in [1.82, 2.24) is 5.32 Å². The van der Waals surface area contributed by atoms with E-state index in [0.717, 1.165) is 5.56 Å². The zero-order chi connectivity index (χ0) is 12.1. The minimum atomic E-state index is -2.54. The molecule has 5 heteroatoms. The molecule has 88 valence electrons. The number of halogens is 2. The van der Waals surface area contributed by atoms with Gasteiger partial charge in [0.2, 0.25) is 0 Å². The van der Waals surface area contributed by atoms with Gasteiger partial charge in [-0.1, -0.05) is 0 Å². The lowest BCUT2D eigenvalue weighted by atomic mass is 10.1. The van der Waals surface area contributed by atoms with Crippen LogP contribution in [-0.2, 0) is 0 Å². The van der Waals surface area contributed by atoms with Crippen LogP contribution in [0.4, 0.5) is 8.78 Å². The first-order valence-corrected chi connectivity index (χ1v) is 4.75. The van der Waals surface area contributed by atoms with E-state index in [4.69, 9.17) is 4.74 Å². The number of aryl methyl sites for hydroxylation is 1. The van der Waals surface area contributed by atoms with Crippen molar-refractivity contribution in [3.05, 3.63) is 29.3 Å². The Kier molecular flexibility index (Phi) is 4.22. The Morgan fingerprint density at radius 1 is 1.50 bits per heavy atom. The van der Waals surface area contributed by atoms with E-state index in [1.54, 1.807) is 19.1 Å². The van der Waals surface area contributed by atoms with Crippen LogP contribution in [0, 0.1) is 6.92 Å². The molecule has 0 fully saturated rings. The van der Waals surface area contributed by atoms with Crippen LogP contribution >= 0.6 is 0 Å². The number of nitrogens with one attached hydrogen (secondary N) is 1. The number of amides is 1. The summed E-state index contributed by atoms with van der Waals surface area (Å²) in [6.07, 6.45) is -2.54. The Hall–Kier alpha value is -1.65. The molecule has 0 spiro atoms. The summed E-state index contributed by atoms with van der Waals surface area (Å²) in [5.74, 6) is 0.150. The van der Waals surface area contributed by atoms with Crippen LogP contribution in [0.2, 0.25) is 0 Å². The molecule has 0 saturated carbocycles. The smallest absolute Gasteiger partial charge is 0.255 e. The fraction of sp³-hybridized carbons (Fsp3) is 0.364. The lowest BCUT2D eigenvalue weighted by molar-refractivity contribution is 0.0891. The number of carbonyl (C=O) groups is 1. The highest BCUT2D eigenvalue weighted by atomic mass is 19.3. The normalized spacial score (nSPS) is 10.3. The van der Waals surface area contributed by atoms with Crippen molar-refractivity contribution in [2.45, 2.75) is 13.3 Å². The molecule has 0 aromatic heterocycles. The van der Waals surface area contributed by atoms with E-state index in [1.165, 1.54) is 13.2 Å². The van der Waals surface area contributed by atoms with Gasteiger partial charge in [-0.2, -0.15) is 0 Å². The average molecular weight is 229 g/mol. The first-order valence-electron chi connectivity index (χ1n) is 4.75. The number of carbonyl (C=O) groups excluding carboxylic acids is 1. The third-order valence-corrected chi connectivity index (χ3v) is 2.07. The largest absolute Gasteiger partial charge is 0.496 e. The number of hydrogen-bond donors (Lipinski definition) is 1. The predicted molar refractivity (Wildman–Crippen MR) is 56.1 cm³/mol. The summed E-state index contributed by atoms with van der Waals surface area (Å²) < 4.78 is 28.8. The fourth-order valence-electron chi connectivity index (χ4n) is 1.29. The van der Waals surface area contributed by atoms with Crippen LogP contribution < -0.4 is 10.1 Å². The second kappa shape index (κ2) is 5.44. The summed E-state index contributed by atoms with van der Waals surface area (Å²) in [5.41, 5.74) is 1.13. The molecule has 0 bridgehead atoms. The van der Waals surface area contributed by atoms with Crippen LogP contribution in [0.25, 0.3) is 0 Å². The monoisotopic (exact) mass is 229 g/mol.